The molecular formula is C26H19ClN4O2S. The van der Waals surface area contributed by atoms with Gasteiger partial charge in [-0.2, -0.15) is 0 Å². The van der Waals surface area contributed by atoms with Crippen LogP contribution in [0.3, 0.4) is 0 Å². The lowest BCUT2D eigenvalue weighted by Gasteiger charge is -2.07. The molecule has 0 saturated carbocycles. The van der Waals surface area contributed by atoms with Crippen LogP contribution < -0.4 is 10.6 Å². The topological polar surface area (TPSA) is 86.9 Å². The molecule has 0 aliphatic rings. The summed E-state index contributed by atoms with van der Waals surface area (Å²) in [6.07, 6.45) is 0. The number of amides is 2. The maximum absolute atomic E-state index is 12.6. The van der Waals surface area contributed by atoms with Gasteiger partial charge in [-0.05, 0) is 78.5 Å². The third-order valence-corrected chi connectivity index (χ3v) is 6.45. The van der Waals surface area contributed by atoms with Crippen LogP contribution in [0.2, 0.25) is 5.02 Å². The first kappa shape index (κ1) is 21.9. The Morgan fingerprint density at radius 3 is 2.41 bits per heavy atom. The number of nitrogens with zero attached hydrogens (tertiary/aromatic N) is 1. The van der Waals surface area contributed by atoms with Crippen molar-refractivity contribution < 1.29 is 9.59 Å². The minimum absolute atomic E-state index is 0.131. The number of aromatic amines is 1. The molecule has 0 fully saturated rings. The molecule has 5 rings (SSSR count). The number of benzene rings is 3. The van der Waals surface area contributed by atoms with Crippen molar-refractivity contribution in [3.8, 4) is 11.4 Å². The van der Waals surface area contributed by atoms with Crippen LogP contribution in [0.15, 0.2) is 78.2 Å². The Kier molecular flexibility index (Phi) is 5.88. The summed E-state index contributed by atoms with van der Waals surface area (Å²) in [6, 6.07) is 21.9. The second-order valence-corrected chi connectivity index (χ2v) is 9.12. The number of anilines is 2. The quantitative estimate of drug-likeness (QED) is 0.256. The number of aryl methyl sites for hydroxylation is 1. The van der Waals surface area contributed by atoms with E-state index in [1.165, 1.54) is 11.3 Å². The second-order valence-electron chi connectivity index (χ2n) is 7.76. The lowest BCUT2D eigenvalue weighted by atomic mass is 10.1. The second kappa shape index (κ2) is 9.13. The Bertz CT molecular complexity index is 1510. The molecule has 34 heavy (non-hydrogen) atoms. The number of H-pyrrole nitrogens is 1. The first-order valence-electron chi connectivity index (χ1n) is 10.5. The Hall–Kier alpha value is -3.94. The molecule has 2 aromatic heterocycles. The largest absolute Gasteiger partial charge is 0.338 e. The van der Waals surface area contributed by atoms with Gasteiger partial charge in [0.1, 0.15) is 5.82 Å². The van der Waals surface area contributed by atoms with Gasteiger partial charge in [0.15, 0.2) is 0 Å². The number of carbonyl (C=O) groups excluding carboxylic acids is 2. The molecule has 5 aromatic rings. The maximum atomic E-state index is 12.6. The van der Waals surface area contributed by atoms with Crippen LogP contribution in [-0.4, -0.2) is 21.8 Å². The van der Waals surface area contributed by atoms with E-state index >= 15 is 0 Å². The van der Waals surface area contributed by atoms with Gasteiger partial charge in [-0.1, -0.05) is 23.7 Å². The normalized spacial score (nSPS) is 10.9. The fourth-order valence-corrected chi connectivity index (χ4v) is 4.48. The summed E-state index contributed by atoms with van der Waals surface area (Å²) in [5.74, 6) is 0.286. The third-order valence-electron chi connectivity index (χ3n) is 5.27. The summed E-state index contributed by atoms with van der Waals surface area (Å²) in [6.45, 7) is 1.92. The minimum atomic E-state index is -0.274. The van der Waals surface area contributed by atoms with E-state index in [1.807, 2.05) is 60.8 Å². The molecule has 3 aromatic carbocycles. The summed E-state index contributed by atoms with van der Waals surface area (Å²) in [5.41, 5.74) is 5.19. The van der Waals surface area contributed by atoms with E-state index in [9.17, 15) is 9.59 Å². The number of hydrogen-bond donors (Lipinski definition) is 3. The average Bonchev–Trinajstić information content (AvgIpc) is 3.49. The molecule has 0 atom stereocenters. The highest BCUT2D eigenvalue weighted by atomic mass is 35.5. The number of imidazole rings is 1. The average molecular weight is 487 g/mol. The zero-order valence-corrected chi connectivity index (χ0v) is 19.6. The Morgan fingerprint density at radius 2 is 1.68 bits per heavy atom. The van der Waals surface area contributed by atoms with Crippen LogP contribution in [0.25, 0.3) is 22.4 Å². The minimum Gasteiger partial charge on any atom is -0.338 e. The number of aromatic nitrogens is 2. The molecule has 0 aliphatic carbocycles. The molecule has 2 heterocycles. The SMILES string of the molecule is Cc1ccc(C(=O)Nc2ccc3nc(-c4ccc(NC(=O)c5cccs5)cc4)[nH]c3c2)c(Cl)c1. The first-order chi connectivity index (χ1) is 16.5. The molecule has 0 unspecified atom stereocenters. The van der Waals surface area contributed by atoms with Gasteiger partial charge in [0.25, 0.3) is 11.8 Å². The highest BCUT2D eigenvalue weighted by molar-refractivity contribution is 7.12. The van der Waals surface area contributed by atoms with E-state index in [-0.39, 0.29) is 11.8 Å². The number of rotatable bonds is 5. The van der Waals surface area contributed by atoms with Gasteiger partial charge >= 0.3 is 0 Å². The van der Waals surface area contributed by atoms with Crippen molar-refractivity contribution in [3.63, 3.8) is 0 Å². The van der Waals surface area contributed by atoms with E-state index in [4.69, 9.17) is 11.6 Å². The Labute approximate surface area is 204 Å². The molecular weight excluding hydrogens is 468 g/mol. The number of nitrogens with one attached hydrogen (secondary N) is 3. The highest BCUT2D eigenvalue weighted by Gasteiger charge is 2.13. The molecule has 0 radical (unpaired) electrons. The van der Waals surface area contributed by atoms with Crippen LogP contribution in [0.1, 0.15) is 25.6 Å². The van der Waals surface area contributed by atoms with E-state index in [0.29, 0.717) is 32.7 Å². The van der Waals surface area contributed by atoms with Gasteiger partial charge in [0, 0.05) is 16.9 Å². The molecule has 0 saturated heterocycles. The van der Waals surface area contributed by atoms with Crippen molar-refractivity contribution in [1.29, 1.82) is 0 Å². The van der Waals surface area contributed by atoms with Crippen LogP contribution in [0.5, 0.6) is 0 Å². The van der Waals surface area contributed by atoms with E-state index in [1.54, 1.807) is 24.3 Å². The van der Waals surface area contributed by atoms with Crippen molar-refractivity contribution in [2.75, 3.05) is 10.6 Å². The van der Waals surface area contributed by atoms with Crippen LogP contribution >= 0.6 is 22.9 Å². The van der Waals surface area contributed by atoms with Crippen LogP contribution in [-0.2, 0) is 0 Å². The summed E-state index contributed by atoms with van der Waals surface area (Å²) < 4.78 is 0. The predicted molar refractivity (Wildman–Crippen MR) is 138 cm³/mol. The zero-order chi connectivity index (χ0) is 23.7. The predicted octanol–water partition coefficient (Wildman–Crippen LogP) is 6.76. The number of hydrogen-bond acceptors (Lipinski definition) is 4. The van der Waals surface area contributed by atoms with Crippen molar-refractivity contribution >= 4 is 57.2 Å². The maximum Gasteiger partial charge on any atom is 0.265 e. The molecule has 3 N–H and O–H groups in total. The van der Waals surface area contributed by atoms with Gasteiger partial charge in [-0.3, -0.25) is 9.59 Å². The molecule has 0 spiro atoms. The summed E-state index contributed by atoms with van der Waals surface area (Å²) >= 11 is 7.62. The third kappa shape index (κ3) is 4.57. The summed E-state index contributed by atoms with van der Waals surface area (Å²) in [7, 11) is 0. The molecule has 0 aliphatic heterocycles. The summed E-state index contributed by atoms with van der Waals surface area (Å²) in [4.78, 5) is 33.5. The van der Waals surface area contributed by atoms with Crippen molar-refractivity contribution in [1.82, 2.24) is 9.97 Å². The number of halogens is 1. The molecule has 6 nitrogen and oxygen atoms in total. The van der Waals surface area contributed by atoms with Crippen molar-refractivity contribution in [3.05, 3.63) is 99.2 Å². The highest BCUT2D eigenvalue weighted by Crippen LogP contribution is 2.25. The number of carbonyl (C=O) groups is 2. The van der Waals surface area contributed by atoms with E-state index < -0.39 is 0 Å². The van der Waals surface area contributed by atoms with Gasteiger partial charge in [-0.15, -0.1) is 11.3 Å². The molecule has 168 valence electrons. The van der Waals surface area contributed by atoms with Gasteiger partial charge < -0.3 is 15.6 Å². The van der Waals surface area contributed by atoms with Crippen LogP contribution in [0.4, 0.5) is 11.4 Å². The fraction of sp³-hybridized carbons (Fsp3) is 0.0385. The van der Waals surface area contributed by atoms with Crippen molar-refractivity contribution in [2.45, 2.75) is 6.92 Å². The fourth-order valence-electron chi connectivity index (χ4n) is 3.54. The van der Waals surface area contributed by atoms with Crippen molar-refractivity contribution in [2.24, 2.45) is 0 Å². The monoisotopic (exact) mass is 486 g/mol. The standard InChI is InChI=1S/C26H19ClN4O2S/c1-15-4-10-19(20(27)13-15)25(32)29-18-9-11-21-22(14-18)31-24(30-21)16-5-7-17(8-6-16)28-26(33)23-3-2-12-34-23/h2-14H,1H3,(H,28,33)(H,29,32)(H,30,31). The van der Waals surface area contributed by atoms with Gasteiger partial charge in [0.05, 0.1) is 26.5 Å². The number of thiophene rings is 1. The molecule has 8 heteroatoms. The first-order valence-corrected chi connectivity index (χ1v) is 11.7. The smallest absolute Gasteiger partial charge is 0.265 e. The lowest BCUT2D eigenvalue weighted by Crippen LogP contribution is -2.12. The van der Waals surface area contributed by atoms with Gasteiger partial charge in [0.2, 0.25) is 0 Å². The van der Waals surface area contributed by atoms with E-state index in [0.717, 1.165) is 22.2 Å². The lowest BCUT2D eigenvalue weighted by molar-refractivity contribution is 0.102. The summed E-state index contributed by atoms with van der Waals surface area (Å²) in [5, 5.41) is 8.06. The van der Waals surface area contributed by atoms with E-state index in [2.05, 4.69) is 20.6 Å². The Morgan fingerprint density at radius 1 is 0.912 bits per heavy atom. The number of fused-ring (bicyclic) bond motifs is 1. The Balaban J connectivity index is 1.32. The molecule has 0 bridgehead atoms. The van der Waals surface area contributed by atoms with Gasteiger partial charge in [-0.25, -0.2) is 4.98 Å². The molecule has 2 amide bonds. The zero-order valence-electron chi connectivity index (χ0n) is 18.1. The van der Waals surface area contributed by atoms with Crippen LogP contribution in [0, 0.1) is 6.92 Å².